The van der Waals surface area contributed by atoms with Gasteiger partial charge < -0.3 is 5.32 Å². The van der Waals surface area contributed by atoms with Crippen molar-refractivity contribution in [1.82, 2.24) is 10.9 Å². The van der Waals surface area contributed by atoms with Crippen LogP contribution in [0.5, 0.6) is 0 Å². The number of thioether (sulfide) groups is 1. The van der Waals surface area contributed by atoms with E-state index in [0.29, 0.717) is 10.8 Å². The molecule has 0 aliphatic heterocycles. The zero-order chi connectivity index (χ0) is 22.4. The van der Waals surface area contributed by atoms with Crippen LogP contribution in [0.4, 0.5) is 5.69 Å². The van der Waals surface area contributed by atoms with Gasteiger partial charge in [-0.1, -0.05) is 31.0 Å². The number of nitrogens with one attached hydrogen (secondary N) is 3. The van der Waals surface area contributed by atoms with E-state index in [1.54, 1.807) is 0 Å². The molecule has 1 aromatic carbocycles. The number of hydrogen-bond donors (Lipinski definition) is 3. The first-order valence-corrected chi connectivity index (χ1v) is 12.5. The fraction of sp³-hybridized carbons (Fsp3) is 0.435. The van der Waals surface area contributed by atoms with Gasteiger partial charge in [-0.25, -0.2) is 0 Å². The van der Waals surface area contributed by atoms with Crippen LogP contribution in [0.15, 0.2) is 24.3 Å². The number of aryl methyl sites for hydroxylation is 3. The summed E-state index contributed by atoms with van der Waals surface area (Å²) >= 11 is 2.71. The summed E-state index contributed by atoms with van der Waals surface area (Å²) in [6, 6.07) is 7.78. The van der Waals surface area contributed by atoms with Crippen molar-refractivity contribution in [2.45, 2.75) is 46.5 Å². The molecule has 2 aromatic rings. The summed E-state index contributed by atoms with van der Waals surface area (Å²) in [6.45, 7) is 6.15. The van der Waals surface area contributed by atoms with Gasteiger partial charge in [0.1, 0.15) is 0 Å². The van der Waals surface area contributed by atoms with Crippen LogP contribution in [0.3, 0.4) is 0 Å². The van der Waals surface area contributed by atoms with E-state index in [4.69, 9.17) is 0 Å². The second kappa shape index (κ2) is 10.8. The van der Waals surface area contributed by atoms with Crippen molar-refractivity contribution in [3.63, 3.8) is 0 Å². The highest BCUT2D eigenvalue weighted by molar-refractivity contribution is 8.00. The topological polar surface area (TPSA) is 87.3 Å². The maximum Gasteiger partial charge on any atom is 0.279 e. The molecule has 3 amide bonds. The normalized spacial score (nSPS) is 15.1. The number of rotatable bonds is 7. The van der Waals surface area contributed by atoms with Crippen molar-refractivity contribution in [1.29, 1.82) is 0 Å². The minimum absolute atomic E-state index is 0.0830. The summed E-state index contributed by atoms with van der Waals surface area (Å²) in [5, 5.41) is 2.85. The highest BCUT2D eigenvalue weighted by atomic mass is 32.2. The molecule has 1 atom stereocenters. The summed E-state index contributed by atoms with van der Waals surface area (Å²) < 4.78 is 0. The van der Waals surface area contributed by atoms with E-state index in [0.717, 1.165) is 36.1 Å². The molecule has 0 saturated carbocycles. The van der Waals surface area contributed by atoms with Gasteiger partial charge in [0.15, 0.2) is 0 Å². The van der Waals surface area contributed by atoms with Crippen LogP contribution >= 0.6 is 23.1 Å². The third-order valence-corrected chi connectivity index (χ3v) is 7.59. The SMILES string of the molecule is CCC1CCc2sc(C(=O)NNC(=O)CSCC(=O)Nc3ccc(C)cc3C)cc2C1. The Hall–Kier alpha value is -2.32. The molecule has 6 nitrogen and oxygen atoms in total. The molecule has 1 aliphatic rings. The van der Waals surface area contributed by atoms with Gasteiger partial charge in [-0.15, -0.1) is 23.1 Å². The molecule has 0 radical (unpaired) electrons. The van der Waals surface area contributed by atoms with Crippen molar-refractivity contribution in [2.75, 3.05) is 16.8 Å². The Morgan fingerprint density at radius 1 is 1.10 bits per heavy atom. The summed E-state index contributed by atoms with van der Waals surface area (Å²) in [4.78, 5) is 38.4. The highest BCUT2D eigenvalue weighted by Gasteiger charge is 2.22. The van der Waals surface area contributed by atoms with E-state index >= 15 is 0 Å². The standard InChI is InChI=1S/C23H29N3O3S2/c1-4-16-6-8-19-17(10-16)11-20(31-19)23(29)26-25-22(28)13-30-12-21(27)24-18-7-5-14(2)9-15(18)3/h5,7,9,11,16H,4,6,8,10,12-13H2,1-3H3,(H,24,27)(H,25,28)(H,26,29). The number of hydrazine groups is 1. The predicted molar refractivity (Wildman–Crippen MR) is 128 cm³/mol. The van der Waals surface area contributed by atoms with E-state index in [1.807, 2.05) is 38.1 Å². The lowest BCUT2D eigenvalue weighted by atomic mass is 9.87. The summed E-state index contributed by atoms with van der Waals surface area (Å²) in [7, 11) is 0. The molecule has 31 heavy (non-hydrogen) atoms. The summed E-state index contributed by atoms with van der Waals surface area (Å²) in [6.07, 6.45) is 4.39. The zero-order valence-corrected chi connectivity index (χ0v) is 19.8. The molecule has 1 heterocycles. The first-order valence-electron chi connectivity index (χ1n) is 10.5. The Bertz CT molecular complexity index is 971. The lowest BCUT2D eigenvalue weighted by Crippen LogP contribution is -2.42. The van der Waals surface area contributed by atoms with Gasteiger partial charge in [0.05, 0.1) is 16.4 Å². The molecule has 1 aliphatic carbocycles. The van der Waals surface area contributed by atoms with Crippen molar-refractivity contribution in [3.8, 4) is 0 Å². The Labute approximate surface area is 191 Å². The van der Waals surface area contributed by atoms with Gasteiger partial charge in [-0.3, -0.25) is 25.2 Å². The Balaban J connectivity index is 1.38. The van der Waals surface area contributed by atoms with E-state index in [-0.39, 0.29) is 29.2 Å². The molecular weight excluding hydrogens is 430 g/mol. The highest BCUT2D eigenvalue weighted by Crippen LogP contribution is 2.33. The van der Waals surface area contributed by atoms with Gasteiger partial charge in [0, 0.05) is 10.6 Å². The van der Waals surface area contributed by atoms with Crippen molar-refractivity contribution < 1.29 is 14.4 Å². The second-order valence-corrected chi connectivity index (χ2v) is 10.1. The van der Waals surface area contributed by atoms with Crippen molar-refractivity contribution in [2.24, 2.45) is 5.92 Å². The lowest BCUT2D eigenvalue weighted by molar-refractivity contribution is -0.119. The molecule has 0 fully saturated rings. The molecule has 166 valence electrons. The van der Waals surface area contributed by atoms with Gasteiger partial charge in [0.2, 0.25) is 11.8 Å². The maximum atomic E-state index is 12.4. The number of amides is 3. The van der Waals surface area contributed by atoms with E-state index in [9.17, 15) is 14.4 Å². The smallest absolute Gasteiger partial charge is 0.279 e. The van der Waals surface area contributed by atoms with Gasteiger partial charge in [-0.05, 0) is 62.3 Å². The third-order valence-electron chi connectivity index (χ3n) is 5.42. The largest absolute Gasteiger partial charge is 0.325 e. The van der Waals surface area contributed by atoms with Gasteiger partial charge in [-0.2, -0.15) is 0 Å². The number of anilines is 1. The molecule has 0 saturated heterocycles. The van der Waals surface area contributed by atoms with Crippen LogP contribution in [0.2, 0.25) is 0 Å². The van der Waals surface area contributed by atoms with Crippen molar-refractivity contribution >= 4 is 46.5 Å². The number of carbonyl (C=O) groups is 3. The molecule has 0 bridgehead atoms. The molecule has 0 spiro atoms. The van der Waals surface area contributed by atoms with Crippen LogP contribution in [0.25, 0.3) is 0 Å². The molecule has 8 heteroatoms. The molecule has 3 N–H and O–H groups in total. The summed E-state index contributed by atoms with van der Waals surface area (Å²) in [5.74, 6) is 0.138. The van der Waals surface area contributed by atoms with Crippen LogP contribution in [0, 0.1) is 19.8 Å². The molecular formula is C23H29N3O3S2. The van der Waals surface area contributed by atoms with E-state index in [1.165, 1.54) is 40.0 Å². The van der Waals surface area contributed by atoms with Crippen LogP contribution < -0.4 is 16.2 Å². The Morgan fingerprint density at radius 3 is 2.61 bits per heavy atom. The number of benzene rings is 1. The predicted octanol–water partition coefficient (Wildman–Crippen LogP) is 4.01. The first-order chi connectivity index (χ1) is 14.9. The monoisotopic (exact) mass is 459 g/mol. The van der Waals surface area contributed by atoms with E-state index in [2.05, 4.69) is 23.1 Å². The lowest BCUT2D eigenvalue weighted by Gasteiger charge is -2.19. The molecule has 1 aromatic heterocycles. The molecule has 1 unspecified atom stereocenters. The number of thiophene rings is 1. The van der Waals surface area contributed by atoms with Crippen LogP contribution in [-0.2, 0) is 22.4 Å². The Kier molecular flexibility index (Phi) is 8.15. The molecule has 3 rings (SSSR count). The number of hydrogen-bond acceptors (Lipinski definition) is 5. The number of carbonyl (C=O) groups excluding carboxylic acids is 3. The van der Waals surface area contributed by atoms with Crippen LogP contribution in [0.1, 0.15) is 51.0 Å². The van der Waals surface area contributed by atoms with Gasteiger partial charge in [0.25, 0.3) is 5.91 Å². The van der Waals surface area contributed by atoms with Crippen molar-refractivity contribution in [3.05, 3.63) is 50.7 Å². The average molecular weight is 460 g/mol. The minimum atomic E-state index is -0.343. The fourth-order valence-electron chi connectivity index (χ4n) is 3.66. The fourth-order valence-corrected chi connectivity index (χ4v) is 5.38. The van der Waals surface area contributed by atoms with E-state index < -0.39 is 0 Å². The quantitative estimate of drug-likeness (QED) is 0.546. The van der Waals surface area contributed by atoms with Gasteiger partial charge >= 0.3 is 0 Å². The maximum absolute atomic E-state index is 12.4. The minimum Gasteiger partial charge on any atom is -0.325 e. The average Bonchev–Trinajstić information content (AvgIpc) is 3.17. The first kappa shape index (κ1) is 23.3. The van der Waals surface area contributed by atoms with Crippen LogP contribution in [-0.4, -0.2) is 29.2 Å². The second-order valence-electron chi connectivity index (χ2n) is 7.94. The third kappa shape index (κ3) is 6.58. The Morgan fingerprint density at radius 2 is 1.87 bits per heavy atom. The summed E-state index contributed by atoms with van der Waals surface area (Å²) in [5.41, 5.74) is 9.10. The zero-order valence-electron chi connectivity index (χ0n) is 18.2. The number of fused-ring (bicyclic) bond motifs is 1.